The molecule has 1 aliphatic heterocycles. The van der Waals surface area contributed by atoms with Crippen molar-refractivity contribution in [1.29, 1.82) is 0 Å². The first-order valence-corrected chi connectivity index (χ1v) is 8.49. The zero-order valence-corrected chi connectivity index (χ0v) is 12.9. The van der Waals surface area contributed by atoms with Gasteiger partial charge in [0.2, 0.25) is 5.91 Å². The van der Waals surface area contributed by atoms with E-state index in [1.54, 1.807) is 18.2 Å². The average molecular weight is 315 g/mol. The van der Waals surface area contributed by atoms with Crippen LogP contribution in [0.1, 0.15) is 25.7 Å². The molecule has 2 rings (SSSR count). The molecular formula is C14H19ClN2O2S. The monoisotopic (exact) mass is 314 g/mol. The van der Waals surface area contributed by atoms with E-state index in [9.17, 15) is 9.00 Å². The number of nitrogen functional groups attached to an aromatic ring is 1. The van der Waals surface area contributed by atoms with Gasteiger partial charge in [-0.15, -0.1) is 0 Å². The molecule has 1 aromatic carbocycles. The fraction of sp³-hybridized carbons (Fsp3) is 0.500. The number of anilines is 1. The van der Waals surface area contributed by atoms with E-state index >= 15 is 0 Å². The minimum absolute atomic E-state index is 0.0103. The molecule has 1 aliphatic rings. The van der Waals surface area contributed by atoms with Crippen molar-refractivity contribution in [3.05, 3.63) is 23.2 Å². The molecule has 0 saturated carbocycles. The smallest absolute Gasteiger partial charge is 0.235 e. The second-order valence-corrected chi connectivity index (χ2v) is 6.80. The molecule has 1 fully saturated rings. The minimum atomic E-state index is -1.42. The third-order valence-electron chi connectivity index (χ3n) is 3.41. The summed E-state index contributed by atoms with van der Waals surface area (Å²) in [6, 6.07) is 4.84. The lowest BCUT2D eigenvalue weighted by Crippen LogP contribution is -2.35. The summed E-state index contributed by atoms with van der Waals surface area (Å²) in [5, 5.41) is 0.354. The Morgan fingerprint density at radius 2 is 1.90 bits per heavy atom. The van der Waals surface area contributed by atoms with Crippen LogP contribution in [0.4, 0.5) is 5.69 Å². The maximum absolute atomic E-state index is 12.3. The summed E-state index contributed by atoms with van der Waals surface area (Å²) in [5.74, 6) is -0.0676. The molecule has 1 unspecified atom stereocenters. The maximum atomic E-state index is 12.3. The zero-order valence-electron chi connectivity index (χ0n) is 11.3. The molecule has 1 heterocycles. The van der Waals surface area contributed by atoms with Crippen molar-refractivity contribution in [2.24, 2.45) is 0 Å². The van der Waals surface area contributed by atoms with Crippen LogP contribution >= 0.6 is 11.6 Å². The number of nitrogens with zero attached hydrogens (tertiary/aromatic N) is 1. The Hall–Kier alpha value is -1.07. The van der Waals surface area contributed by atoms with Crippen molar-refractivity contribution in [1.82, 2.24) is 4.90 Å². The number of halogens is 1. The minimum Gasteiger partial charge on any atom is -0.399 e. The number of nitrogens with two attached hydrogens (primary N) is 1. The topological polar surface area (TPSA) is 63.4 Å². The Morgan fingerprint density at radius 1 is 1.25 bits per heavy atom. The van der Waals surface area contributed by atoms with Gasteiger partial charge in [-0.3, -0.25) is 9.00 Å². The van der Waals surface area contributed by atoms with E-state index < -0.39 is 10.8 Å². The molecule has 20 heavy (non-hydrogen) atoms. The van der Waals surface area contributed by atoms with E-state index in [1.807, 2.05) is 4.90 Å². The first-order chi connectivity index (χ1) is 9.58. The van der Waals surface area contributed by atoms with Gasteiger partial charge in [-0.2, -0.15) is 0 Å². The number of carbonyl (C=O) groups is 1. The quantitative estimate of drug-likeness (QED) is 0.872. The Bertz CT molecular complexity index is 514. The van der Waals surface area contributed by atoms with Crippen molar-refractivity contribution in [2.75, 3.05) is 24.6 Å². The average Bonchev–Trinajstić information content (AvgIpc) is 2.67. The van der Waals surface area contributed by atoms with Crippen LogP contribution in [0.25, 0.3) is 0 Å². The lowest BCUT2D eigenvalue weighted by Gasteiger charge is -2.20. The van der Waals surface area contributed by atoms with Crippen LogP contribution in [0.5, 0.6) is 0 Å². The molecule has 6 heteroatoms. The van der Waals surface area contributed by atoms with Crippen molar-refractivity contribution in [3.8, 4) is 0 Å². The normalized spacial score (nSPS) is 17.6. The van der Waals surface area contributed by atoms with Gasteiger partial charge in [0, 0.05) is 18.8 Å². The summed E-state index contributed by atoms with van der Waals surface area (Å²) in [5.41, 5.74) is 6.13. The van der Waals surface area contributed by atoms with E-state index in [0.29, 0.717) is 15.6 Å². The zero-order chi connectivity index (χ0) is 14.5. The molecule has 0 radical (unpaired) electrons. The summed E-state index contributed by atoms with van der Waals surface area (Å²) in [7, 11) is -1.42. The number of amides is 1. The first-order valence-electron chi connectivity index (χ1n) is 6.79. The SMILES string of the molecule is Nc1ccc(S(=O)CC(=O)N2CCCCCC2)c(Cl)c1. The molecule has 2 N–H and O–H groups in total. The first kappa shape index (κ1) is 15.3. The predicted octanol–water partition coefficient (Wildman–Crippen LogP) is 2.43. The van der Waals surface area contributed by atoms with E-state index in [2.05, 4.69) is 0 Å². The maximum Gasteiger partial charge on any atom is 0.235 e. The van der Waals surface area contributed by atoms with Gasteiger partial charge in [0.05, 0.1) is 20.7 Å². The van der Waals surface area contributed by atoms with E-state index in [1.165, 1.54) is 0 Å². The van der Waals surface area contributed by atoms with Gasteiger partial charge in [-0.25, -0.2) is 0 Å². The van der Waals surface area contributed by atoms with Crippen LogP contribution in [0, 0.1) is 0 Å². The molecule has 0 spiro atoms. The third kappa shape index (κ3) is 3.96. The summed E-state index contributed by atoms with van der Waals surface area (Å²) in [4.78, 5) is 14.5. The highest BCUT2D eigenvalue weighted by atomic mass is 35.5. The van der Waals surface area contributed by atoms with Gasteiger partial charge in [-0.05, 0) is 31.0 Å². The van der Waals surface area contributed by atoms with Gasteiger partial charge >= 0.3 is 0 Å². The fourth-order valence-electron chi connectivity index (χ4n) is 2.30. The van der Waals surface area contributed by atoms with E-state index in [0.717, 1.165) is 38.8 Å². The highest BCUT2D eigenvalue weighted by Crippen LogP contribution is 2.23. The van der Waals surface area contributed by atoms with Gasteiger partial charge < -0.3 is 10.6 Å². The lowest BCUT2D eigenvalue weighted by atomic mass is 10.2. The molecular weight excluding hydrogens is 296 g/mol. The number of hydrogen-bond acceptors (Lipinski definition) is 3. The largest absolute Gasteiger partial charge is 0.399 e. The summed E-state index contributed by atoms with van der Waals surface area (Å²) >= 11 is 6.02. The van der Waals surface area contributed by atoms with Crippen LogP contribution in [0.3, 0.4) is 0 Å². The number of hydrogen-bond donors (Lipinski definition) is 1. The summed E-state index contributed by atoms with van der Waals surface area (Å²) in [6.07, 6.45) is 4.38. The Morgan fingerprint density at radius 3 is 2.50 bits per heavy atom. The highest BCUT2D eigenvalue weighted by Gasteiger charge is 2.19. The van der Waals surface area contributed by atoms with Gasteiger partial charge in [0.25, 0.3) is 0 Å². The molecule has 0 aromatic heterocycles. The number of carbonyl (C=O) groups excluding carboxylic acids is 1. The van der Waals surface area contributed by atoms with Crippen molar-refractivity contribution >= 4 is 34.0 Å². The van der Waals surface area contributed by atoms with Gasteiger partial charge in [0.1, 0.15) is 5.75 Å². The van der Waals surface area contributed by atoms with Crippen molar-refractivity contribution in [2.45, 2.75) is 30.6 Å². The van der Waals surface area contributed by atoms with Gasteiger partial charge in [-0.1, -0.05) is 24.4 Å². The second kappa shape index (κ2) is 7.09. The third-order valence-corrected chi connectivity index (χ3v) is 5.20. The van der Waals surface area contributed by atoms with Crippen LogP contribution in [0.2, 0.25) is 5.02 Å². The van der Waals surface area contributed by atoms with E-state index in [4.69, 9.17) is 17.3 Å². The summed E-state index contributed by atoms with van der Waals surface area (Å²) < 4.78 is 12.3. The molecule has 0 bridgehead atoms. The molecule has 1 aromatic rings. The van der Waals surface area contributed by atoms with Crippen LogP contribution < -0.4 is 5.73 Å². The second-order valence-electron chi connectivity index (χ2n) is 4.97. The lowest BCUT2D eigenvalue weighted by molar-refractivity contribution is -0.128. The predicted molar refractivity (Wildman–Crippen MR) is 82.2 cm³/mol. The molecule has 4 nitrogen and oxygen atoms in total. The van der Waals surface area contributed by atoms with Crippen molar-refractivity contribution in [3.63, 3.8) is 0 Å². The molecule has 1 saturated heterocycles. The van der Waals surface area contributed by atoms with Crippen molar-refractivity contribution < 1.29 is 9.00 Å². The fourth-order valence-corrected chi connectivity index (χ4v) is 3.81. The van der Waals surface area contributed by atoms with Gasteiger partial charge in [0.15, 0.2) is 0 Å². The van der Waals surface area contributed by atoms with E-state index in [-0.39, 0.29) is 11.7 Å². The van der Waals surface area contributed by atoms with Crippen LogP contribution in [-0.4, -0.2) is 33.9 Å². The Kier molecular flexibility index (Phi) is 5.43. The molecule has 0 aliphatic carbocycles. The highest BCUT2D eigenvalue weighted by molar-refractivity contribution is 7.85. The standard InChI is InChI=1S/C14H19ClN2O2S/c15-12-9-11(16)5-6-13(12)20(19)10-14(18)17-7-3-1-2-4-8-17/h5-6,9H,1-4,7-8,10,16H2. The summed E-state index contributed by atoms with van der Waals surface area (Å²) in [6.45, 7) is 1.54. The number of rotatable bonds is 3. The number of likely N-dealkylation sites (tertiary alicyclic amines) is 1. The van der Waals surface area contributed by atoms with Crippen LogP contribution in [-0.2, 0) is 15.6 Å². The Labute approximate surface area is 126 Å². The molecule has 110 valence electrons. The molecule has 1 atom stereocenters. The molecule has 1 amide bonds. The number of benzene rings is 1. The Balaban J connectivity index is 2.01. The van der Waals surface area contributed by atoms with Crippen LogP contribution in [0.15, 0.2) is 23.1 Å².